The molecule has 1 aliphatic rings. The van der Waals surface area contributed by atoms with Gasteiger partial charge in [0.1, 0.15) is 31.6 Å². The van der Waals surface area contributed by atoms with Gasteiger partial charge in [-0.2, -0.15) is 0 Å². The number of aliphatic hydroxyl groups is 1. The summed E-state index contributed by atoms with van der Waals surface area (Å²) in [6.07, 6.45) is -0.520. The molecule has 2 rings (SSSR count). The molecule has 4 heteroatoms. The summed E-state index contributed by atoms with van der Waals surface area (Å²) in [7, 11) is 0. The van der Waals surface area contributed by atoms with Crippen LogP contribution in [0.5, 0.6) is 0 Å². The molecule has 1 aromatic rings. The van der Waals surface area contributed by atoms with Gasteiger partial charge in [0.15, 0.2) is 0 Å². The fourth-order valence-electron chi connectivity index (χ4n) is 1.94. The summed E-state index contributed by atoms with van der Waals surface area (Å²) < 4.78 is 18.0. The lowest BCUT2D eigenvalue weighted by molar-refractivity contribution is -0.911. The van der Waals surface area contributed by atoms with Crippen molar-refractivity contribution in [3.8, 4) is 0 Å². The van der Waals surface area contributed by atoms with Gasteiger partial charge in [0.2, 0.25) is 0 Å². The molecule has 2 N–H and O–H groups in total. The summed E-state index contributed by atoms with van der Waals surface area (Å²) in [6, 6.07) is 6.04. The first-order valence-corrected chi connectivity index (χ1v) is 5.60. The topological polar surface area (TPSA) is 33.9 Å². The van der Waals surface area contributed by atoms with E-state index in [1.165, 1.54) is 17.0 Å². The van der Waals surface area contributed by atoms with Gasteiger partial charge < -0.3 is 14.7 Å². The van der Waals surface area contributed by atoms with E-state index >= 15 is 0 Å². The van der Waals surface area contributed by atoms with E-state index in [9.17, 15) is 9.50 Å². The number of morpholine rings is 1. The van der Waals surface area contributed by atoms with Crippen molar-refractivity contribution in [2.24, 2.45) is 0 Å². The maximum absolute atomic E-state index is 12.7. The molecule has 1 saturated heterocycles. The van der Waals surface area contributed by atoms with E-state index in [2.05, 4.69) is 0 Å². The van der Waals surface area contributed by atoms with Crippen molar-refractivity contribution in [1.82, 2.24) is 0 Å². The Morgan fingerprint density at radius 1 is 1.25 bits per heavy atom. The molecule has 0 saturated carbocycles. The van der Waals surface area contributed by atoms with E-state index in [0.29, 0.717) is 6.54 Å². The van der Waals surface area contributed by atoms with Crippen LogP contribution in [-0.4, -0.2) is 38.0 Å². The molecule has 1 heterocycles. The van der Waals surface area contributed by atoms with Crippen molar-refractivity contribution in [3.05, 3.63) is 35.6 Å². The molecule has 0 aliphatic carbocycles. The second-order valence-electron chi connectivity index (χ2n) is 4.13. The molecule has 1 aliphatic heterocycles. The molecular weight excluding hydrogens is 209 g/mol. The van der Waals surface area contributed by atoms with Crippen LogP contribution in [0, 0.1) is 5.82 Å². The van der Waals surface area contributed by atoms with E-state index < -0.39 is 6.10 Å². The van der Waals surface area contributed by atoms with Gasteiger partial charge in [0, 0.05) is 0 Å². The third-order valence-corrected chi connectivity index (χ3v) is 2.94. The Bertz CT molecular complexity index is 322. The normalized spacial score (nSPS) is 19.6. The van der Waals surface area contributed by atoms with Crippen LogP contribution in [0.1, 0.15) is 11.7 Å². The number of nitrogens with one attached hydrogen (secondary N) is 1. The Hall–Kier alpha value is -0.970. The summed E-state index contributed by atoms with van der Waals surface area (Å²) in [4.78, 5) is 1.34. The molecule has 0 aromatic heterocycles. The number of benzene rings is 1. The first kappa shape index (κ1) is 11.5. The minimum absolute atomic E-state index is 0.269. The molecule has 88 valence electrons. The summed E-state index contributed by atoms with van der Waals surface area (Å²) in [5.41, 5.74) is 0.778. The molecule has 1 aromatic carbocycles. The fraction of sp³-hybridized carbons (Fsp3) is 0.500. The smallest absolute Gasteiger partial charge is 0.128 e. The van der Waals surface area contributed by atoms with Crippen LogP contribution in [0.25, 0.3) is 0 Å². The zero-order valence-corrected chi connectivity index (χ0v) is 9.16. The highest BCUT2D eigenvalue weighted by atomic mass is 19.1. The third kappa shape index (κ3) is 3.01. The first-order valence-electron chi connectivity index (χ1n) is 5.60. The lowest BCUT2D eigenvalue weighted by Gasteiger charge is -2.25. The van der Waals surface area contributed by atoms with Gasteiger partial charge in [-0.05, 0) is 17.7 Å². The molecular formula is C12H17FNO2+. The Kier molecular flexibility index (Phi) is 3.88. The van der Waals surface area contributed by atoms with Crippen LogP contribution in [0.3, 0.4) is 0 Å². The van der Waals surface area contributed by atoms with Crippen LogP contribution >= 0.6 is 0 Å². The largest absolute Gasteiger partial charge is 0.382 e. The van der Waals surface area contributed by atoms with Gasteiger partial charge in [-0.15, -0.1) is 0 Å². The first-order chi connectivity index (χ1) is 7.75. The van der Waals surface area contributed by atoms with Gasteiger partial charge in [0.05, 0.1) is 13.2 Å². The van der Waals surface area contributed by atoms with E-state index in [1.54, 1.807) is 12.1 Å². The number of aliphatic hydroxyl groups excluding tert-OH is 1. The summed E-state index contributed by atoms with van der Waals surface area (Å²) in [6.45, 7) is 4.03. The molecule has 0 radical (unpaired) electrons. The number of rotatable bonds is 3. The second-order valence-corrected chi connectivity index (χ2v) is 4.13. The standard InChI is InChI=1S/C12H16FNO2/c13-11-3-1-10(2-4-11)12(15)9-14-5-7-16-8-6-14/h1-4,12,15H,5-9H2/p+1/t12-/m0/s1. The molecule has 0 bridgehead atoms. The predicted octanol–water partition coefficient (Wildman–Crippen LogP) is -0.226. The second kappa shape index (κ2) is 5.39. The number of halogens is 1. The lowest BCUT2D eigenvalue weighted by atomic mass is 10.1. The Labute approximate surface area is 94.4 Å². The van der Waals surface area contributed by atoms with E-state index in [1.807, 2.05) is 0 Å². The van der Waals surface area contributed by atoms with Gasteiger partial charge in [0.25, 0.3) is 0 Å². The Morgan fingerprint density at radius 2 is 1.88 bits per heavy atom. The molecule has 0 unspecified atom stereocenters. The minimum atomic E-state index is -0.520. The molecule has 0 amide bonds. The summed E-state index contributed by atoms with van der Waals surface area (Å²) >= 11 is 0. The zero-order valence-electron chi connectivity index (χ0n) is 9.16. The van der Waals surface area contributed by atoms with Crippen LogP contribution in [-0.2, 0) is 4.74 Å². The molecule has 0 spiro atoms. The van der Waals surface area contributed by atoms with Crippen LogP contribution in [0.4, 0.5) is 4.39 Å². The average molecular weight is 226 g/mol. The van der Waals surface area contributed by atoms with Crippen LogP contribution in [0.2, 0.25) is 0 Å². The highest BCUT2D eigenvalue weighted by Gasteiger charge is 2.19. The van der Waals surface area contributed by atoms with Gasteiger partial charge >= 0.3 is 0 Å². The van der Waals surface area contributed by atoms with Crippen molar-refractivity contribution in [3.63, 3.8) is 0 Å². The van der Waals surface area contributed by atoms with E-state index in [4.69, 9.17) is 4.74 Å². The minimum Gasteiger partial charge on any atom is -0.382 e. The van der Waals surface area contributed by atoms with Gasteiger partial charge in [-0.3, -0.25) is 0 Å². The Balaban J connectivity index is 1.91. The van der Waals surface area contributed by atoms with Crippen molar-refractivity contribution >= 4 is 0 Å². The number of hydrogen-bond donors (Lipinski definition) is 2. The highest BCUT2D eigenvalue weighted by Crippen LogP contribution is 2.11. The van der Waals surface area contributed by atoms with Crippen LogP contribution in [0.15, 0.2) is 24.3 Å². The van der Waals surface area contributed by atoms with Crippen LogP contribution < -0.4 is 4.90 Å². The quantitative estimate of drug-likeness (QED) is 0.747. The average Bonchev–Trinajstić information content (AvgIpc) is 2.31. The van der Waals surface area contributed by atoms with E-state index in [-0.39, 0.29) is 5.82 Å². The number of hydrogen-bond acceptors (Lipinski definition) is 2. The number of ether oxygens (including phenoxy) is 1. The fourth-order valence-corrected chi connectivity index (χ4v) is 1.94. The zero-order chi connectivity index (χ0) is 11.4. The van der Waals surface area contributed by atoms with Gasteiger partial charge in [-0.1, -0.05) is 12.1 Å². The molecule has 1 fully saturated rings. The molecule has 1 atom stereocenters. The monoisotopic (exact) mass is 226 g/mol. The van der Waals surface area contributed by atoms with Crippen molar-refractivity contribution < 1.29 is 19.1 Å². The van der Waals surface area contributed by atoms with E-state index in [0.717, 1.165) is 31.9 Å². The maximum Gasteiger partial charge on any atom is 0.128 e. The van der Waals surface area contributed by atoms with Crippen molar-refractivity contribution in [1.29, 1.82) is 0 Å². The summed E-state index contributed by atoms with van der Waals surface area (Å²) in [5.74, 6) is -0.269. The predicted molar refractivity (Wildman–Crippen MR) is 57.7 cm³/mol. The number of quaternary nitrogens is 1. The summed E-state index contributed by atoms with van der Waals surface area (Å²) in [5, 5.41) is 9.98. The third-order valence-electron chi connectivity index (χ3n) is 2.94. The molecule has 3 nitrogen and oxygen atoms in total. The Morgan fingerprint density at radius 3 is 2.50 bits per heavy atom. The highest BCUT2D eigenvalue weighted by molar-refractivity contribution is 5.18. The van der Waals surface area contributed by atoms with Crippen molar-refractivity contribution in [2.45, 2.75) is 6.10 Å². The van der Waals surface area contributed by atoms with Gasteiger partial charge in [-0.25, -0.2) is 4.39 Å². The molecule has 16 heavy (non-hydrogen) atoms. The van der Waals surface area contributed by atoms with Crippen molar-refractivity contribution in [2.75, 3.05) is 32.8 Å². The maximum atomic E-state index is 12.7. The lowest BCUT2D eigenvalue weighted by Crippen LogP contribution is -3.14. The SMILES string of the molecule is O[C@@H](C[NH+]1CCOCC1)c1ccc(F)cc1.